The van der Waals surface area contributed by atoms with Crippen molar-refractivity contribution in [3.63, 3.8) is 0 Å². The van der Waals surface area contributed by atoms with Crippen LogP contribution >= 0.6 is 12.2 Å². The second-order valence-electron chi connectivity index (χ2n) is 4.59. The van der Waals surface area contributed by atoms with Gasteiger partial charge in [0.2, 0.25) is 0 Å². The summed E-state index contributed by atoms with van der Waals surface area (Å²) in [5.74, 6) is 0.888. The molecule has 0 atom stereocenters. The summed E-state index contributed by atoms with van der Waals surface area (Å²) in [6.45, 7) is 12.6. The van der Waals surface area contributed by atoms with E-state index in [4.69, 9.17) is 12.2 Å². The van der Waals surface area contributed by atoms with E-state index in [0.29, 0.717) is 23.0 Å². The Kier molecular flexibility index (Phi) is 6.48. The average Bonchev–Trinajstić information content (AvgIpc) is 2.00. The van der Waals surface area contributed by atoms with Gasteiger partial charge >= 0.3 is 0 Å². The molecule has 2 N–H and O–H groups in total. The predicted octanol–water partition coefficient (Wildman–Crippen LogP) is 2.53. The van der Waals surface area contributed by atoms with E-state index in [-0.39, 0.29) is 0 Å². The van der Waals surface area contributed by atoms with Gasteiger partial charge in [0.1, 0.15) is 0 Å². The molecule has 0 rings (SSSR count). The summed E-state index contributed by atoms with van der Waals surface area (Å²) in [6, 6.07) is 0.335. The predicted molar refractivity (Wildman–Crippen MR) is 71.1 cm³/mol. The van der Waals surface area contributed by atoms with Crippen molar-refractivity contribution >= 4 is 23.0 Å². The molecular weight excluding hydrogens is 206 g/mol. The van der Waals surface area contributed by atoms with Crippen LogP contribution in [0, 0.1) is 11.8 Å². The largest absolute Gasteiger partial charge is 0.359 e. The third-order valence-corrected chi connectivity index (χ3v) is 2.10. The van der Waals surface area contributed by atoms with Crippen molar-refractivity contribution in [2.24, 2.45) is 16.9 Å². The van der Waals surface area contributed by atoms with Gasteiger partial charge in [0.05, 0.1) is 0 Å². The molecule has 0 aliphatic rings. The molecule has 0 aromatic rings. The number of nitrogens with zero attached hydrogens (tertiary/aromatic N) is 1. The zero-order valence-electron chi connectivity index (χ0n) is 10.6. The van der Waals surface area contributed by atoms with Gasteiger partial charge in [-0.2, -0.15) is 5.10 Å². The fourth-order valence-electron chi connectivity index (χ4n) is 1.33. The first kappa shape index (κ1) is 14.4. The highest BCUT2D eigenvalue weighted by molar-refractivity contribution is 7.80. The summed E-state index contributed by atoms with van der Waals surface area (Å²) in [6.07, 6.45) is 0. The van der Waals surface area contributed by atoms with Gasteiger partial charge < -0.3 is 5.32 Å². The van der Waals surface area contributed by atoms with E-state index in [9.17, 15) is 0 Å². The van der Waals surface area contributed by atoms with Crippen molar-refractivity contribution in [2.75, 3.05) is 0 Å². The Morgan fingerprint density at radius 3 is 1.80 bits per heavy atom. The summed E-state index contributed by atoms with van der Waals surface area (Å²) in [7, 11) is 0. The minimum absolute atomic E-state index is 0.335. The molecule has 0 unspecified atom stereocenters. The first-order valence-corrected chi connectivity index (χ1v) is 5.89. The summed E-state index contributed by atoms with van der Waals surface area (Å²) in [4.78, 5) is 0. The molecule has 3 nitrogen and oxygen atoms in total. The zero-order valence-corrected chi connectivity index (χ0v) is 11.4. The van der Waals surface area contributed by atoms with Crippen molar-refractivity contribution < 1.29 is 0 Å². The van der Waals surface area contributed by atoms with E-state index in [1.165, 1.54) is 0 Å². The van der Waals surface area contributed by atoms with Crippen LogP contribution in [-0.4, -0.2) is 16.9 Å². The third kappa shape index (κ3) is 6.44. The standard InChI is InChI=1S/C11H23N3S/c1-7(2)10(8(3)4)13-14-11(15)12-9(5)6/h7-9H,1-6H3,(H2,12,14,15). The normalized spacial score (nSPS) is 10.7. The van der Waals surface area contributed by atoms with Crippen molar-refractivity contribution in [1.29, 1.82) is 0 Å². The summed E-state index contributed by atoms with van der Waals surface area (Å²) in [5, 5.41) is 8.01. The van der Waals surface area contributed by atoms with Crippen molar-refractivity contribution in [1.82, 2.24) is 10.7 Å². The van der Waals surface area contributed by atoms with E-state index in [0.717, 1.165) is 5.71 Å². The van der Waals surface area contributed by atoms with Crippen LogP contribution in [0.15, 0.2) is 5.10 Å². The Morgan fingerprint density at radius 1 is 1.00 bits per heavy atom. The number of thiocarbonyl (C=S) groups is 1. The lowest BCUT2D eigenvalue weighted by atomic mass is 9.98. The first-order valence-electron chi connectivity index (χ1n) is 5.48. The highest BCUT2D eigenvalue weighted by atomic mass is 32.1. The Hall–Kier alpha value is -0.640. The van der Waals surface area contributed by atoms with E-state index in [1.54, 1.807) is 0 Å². The van der Waals surface area contributed by atoms with Gasteiger partial charge in [0, 0.05) is 11.8 Å². The highest BCUT2D eigenvalue weighted by Crippen LogP contribution is 2.06. The van der Waals surface area contributed by atoms with Crippen molar-refractivity contribution in [3.8, 4) is 0 Å². The molecule has 0 saturated carbocycles. The molecule has 0 saturated heterocycles. The van der Waals surface area contributed by atoms with Gasteiger partial charge in [0.25, 0.3) is 0 Å². The molecular formula is C11H23N3S. The molecule has 0 aliphatic heterocycles. The molecule has 0 amide bonds. The van der Waals surface area contributed by atoms with Gasteiger partial charge in [-0.25, -0.2) is 0 Å². The van der Waals surface area contributed by atoms with Gasteiger partial charge in [-0.15, -0.1) is 0 Å². The fraction of sp³-hybridized carbons (Fsp3) is 0.818. The SMILES string of the molecule is CC(C)NC(=S)NN=C(C(C)C)C(C)C. The van der Waals surface area contributed by atoms with Crippen LogP contribution in [0.1, 0.15) is 41.5 Å². The van der Waals surface area contributed by atoms with E-state index in [2.05, 4.69) is 43.5 Å². The highest BCUT2D eigenvalue weighted by Gasteiger charge is 2.10. The maximum absolute atomic E-state index is 5.09. The fourth-order valence-corrected chi connectivity index (χ4v) is 1.62. The minimum atomic E-state index is 0.335. The molecule has 0 aromatic carbocycles. The molecule has 88 valence electrons. The van der Waals surface area contributed by atoms with Crippen LogP contribution in [0.3, 0.4) is 0 Å². The van der Waals surface area contributed by atoms with Crippen LogP contribution in [0.25, 0.3) is 0 Å². The average molecular weight is 229 g/mol. The molecule has 0 aromatic heterocycles. The summed E-state index contributed by atoms with van der Waals surface area (Å²) >= 11 is 5.09. The van der Waals surface area contributed by atoms with Gasteiger partial charge in [-0.3, -0.25) is 5.43 Å². The lowest BCUT2D eigenvalue weighted by Crippen LogP contribution is -2.37. The molecule has 4 heteroatoms. The smallest absolute Gasteiger partial charge is 0.187 e. The quantitative estimate of drug-likeness (QED) is 0.442. The molecule has 0 aliphatic carbocycles. The lowest BCUT2D eigenvalue weighted by Gasteiger charge is -2.15. The second-order valence-corrected chi connectivity index (χ2v) is 4.99. The number of hydrogen-bond donors (Lipinski definition) is 2. The summed E-state index contributed by atoms with van der Waals surface area (Å²) < 4.78 is 0. The van der Waals surface area contributed by atoms with Gasteiger partial charge in [-0.1, -0.05) is 27.7 Å². The number of hydrogen-bond acceptors (Lipinski definition) is 2. The molecule has 0 radical (unpaired) electrons. The first-order chi connectivity index (χ1) is 6.84. The van der Waals surface area contributed by atoms with Crippen molar-refractivity contribution in [2.45, 2.75) is 47.6 Å². The Labute approximate surface area is 98.7 Å². The Bertz CT molecular complexity index is 222. The van der Waals surface area contributed by atoms with E-state index in [1.807, 2.05) is 13.8 Å². The van der Waals surface area contributed by atoms with Crippen molar-refractivity contribution in [3.05, 3.63) is 0 Å². The monoisotopic (exact) mass is 229 g/mol. The lowest BCUT2D eigenvalue weighted by molar-refractivity contribution is 0.708. The third-order valence-electron chi connectivity index (χ3n) is 1.89. The number of hydrazone groups is 1. The van der Waals surface area contributed by atoms with E-state index < -0.39 is 0 Å². The Balaban J connectivity index is 4.28. The van der Waals surface area contributed by atoms with Gasteiger partial charge in [-0.05, 0) is 37.9 Å². The molecule has 0 heterocycles. The Morgan fingerprint density at radius 2 is 1.47 bits per heavy atom. The molecule has 0 bridgehead atoms. The van der Waals surface area contributed by atoms with Crippen LogP contribution in [0.2, 0.25) is 0 Å². The van der Waals surface area contributed by atoms with Crippen LogP contribution in [-0.2, 0) is 0 Å². The van der Waals surface area contributed by atoms with Gasteiger partial charge in [0.15, 0.2) is 5.11 Å². The molecule has 0 fully saturated rings. The minimum Gasteiger partial charge on any atom is -0.359 e. The topological polar surface area (TPSA) is 36.4 Å². The van der Waals surface area contributed by atoms with Crippen LogP contribution < -0.4 is 10.7 Å². The van der Waals surface area contributed by atoms with Crippen LogP contribution in [0.5, 0.6) is 0 Å². The zero-order chi connectivity index (χ0) is 12.0. The maximum atomic E-state index is 5.09. The van der Waals surface area contributed by atoms with Crippen LogP contribution in [0.4, 0.5) is 0 Å². The second kappa shape index (κ2) is 6.77. The number of rotatable bonds is 4. The molecule has 0 spiro atoms. The number of nitrogens with one attached hydrogen (secondary N) is 2. The summed E-state index contributed by atoms with van der Waals surface area (Å²) in [5.41, 5.74) is 4.03. The maximum Gasteiger partial charge on any atom is 0.187 e. The van der Waals surface area contributed by atoms with E-state index >= 15 is 0 Å². The molecule has 15 heavy (non-hydrogen) atoms.